The maximum absolute atomic E-state index is 12.8. The zero-order chi connectivity index (χ0) is 21.0. The van der Waals surface area contributed by atoms with Crippen molar-refractivity contribution in [1.29, 1.82) is 0 Å². The van der Waals surface area contributed by atoms with Gasteiger partial charge in [-0.25, -0.2) is 4.68 Å². The van der Waals surface area contributed by atoms with Crippen LogP contribution >= 0.6 is 0 Å². The minimum Gasteiger partial charge on any atom is -0.420 e. The molecule has 0 bridgehead atoms. The number of rotatable bonds is 8. The van der Waals surface area contributed by atoms with E-state index >= 15 is 0 Å². The molecule has 0 atom stereocenters. The molecule has 2 heterocycles. The number of hydrogen-bond donors (Lipinski definition) is 0. The quantitative estimate of drug-likeness (QED) is 0.556. The van der Waals surface area contributed by atoms with Crippen LogP contribution in [-0.4, -0.2) is 43.9 Å². The zero-order valence-corrected chi connectivity index (χ0v) is 17.8. The Hall–Kier alpha value is -2.96. The highest BCUT2D eigenvalue weighted by atomic mass is 16.4. The number of aromatic nitrogens is 4. The van der Waals surface area contributed by atoms with E-state index in [1.165, 1.54) is 0 Å². The van der Waals surface area contributed by atoms with Crippen LogP contribution in [0.2, 0.25) is 0 Å². The third-order valence-electron chi connectivity index (χ3n) is 4.88. The Kier molecular flexibility index (Phi) is 6.46. The zero-order valence-electron chi connectivity index (χ0n) is 17.8. The Morgan fingerprint density at radius 1 is 1.17 bits per heavy atom. The van der Waals surface area contributed by atoms with E-state index in [9.17, 15) is 4.79 Å². The Morgan fingerprint density at radius 2 is 1.90 bits per heavy atom. The monoisotopic (exact) mass is 395 g/mol. The van der Waals surface area contributed by atoms with Crippen LogP contribution in [0.1, 0.15) is 68.4 Å². The van der Waals surface area contributed by atoms with E-state index in [2.05, 4.69) is 36.1 Å². The van der Waals surface area contributed by atoms with Gasteiger partial charge in [-0.15, -0.1) is 10.2 Å². The fourth-order valence-electron chi connectivity index (χ4n) is 3.20. The van der Waals surface area contributed by atoms with Crippen LogP contribution in [0.4, 0.5) is 0 Å². The lowest BCUT2D eigenvalue weighted by Gasteiger charge is -2.20. The van der Waals surface area contributed by atoms with Crippen LogP contribution < -0.4 is 0 Å². The van der Waals surface area contributed by atoms with E-state index in [0.717, 1.165) is 30.8 Å². The number of nitrogens with zero attached hydrogens (tertiary/aromatic N) is 5. The van der Waals surface area contributed by atoms with Crippen LogP contribution in [0.15, 0.2) is 34.7 Å². The van der Waals surface area contributed by atoms with E-state index < -0.39 is 0 Å². The van der Waals surface area contributed by atoms with Crippen LogP contribution in [0.5, 0.6) is 0 Å². The fraction of sp³-hybridized carbons (Fsp3) is 0.455. The molecule has 0 aliphatic heterocycles. The Labute approximate surface area is 171 Å². The van der Waals surface area contributed by atoms with Gasteiger partial charge in [0, 0.05) is 31.3 Å². The highest BCUT2D eigenvalue weighted by Gasteiger charge is 2.18. The summed E-state index contributed by atoms with van der Waals surface area (Å²) in [6.45, 7) is 11.6. The second-order valence-electron chi connectivity index (χ2n) is 7.43. The number of carbonyl (C=O) groups is 1. The van der Waals surface area contributed by atoms with E-state index in [0.29, 0.717) is 29.6 Å². The van der Waals surface area contributed by atoms with Crippen molar-refractivity contribution in [3.8, 4) is 17.3 Å². The van der Waals surface area contributed by atoms with Gasteiger partial charge in [-0.05, 0) is 49.6 Å². The van der Waals surface area contributed by atoms with Crippen molar-refractivity contribution < 1.29 is 9.21 Å². The molecule has 0 fully saturated rings. The first-order valence-corrected chi connectivity index (χ1v) is 10.2. The normalized spacial score (nSPS) is 11.2. The van der Waals surface area contributed by atoms with E-state index in [4.69, 9.17) is 4.42 Å². The standard InChI is InChI=1S/C22H29N5O2/c1-6-8-13-26(7-2)22(28)17-9-11-18(12-10-17)27-20(15(3)4)14-19(25-27)21-24-23-16(5)29-21/h9-12,14-15H,6-8,13H2,1-5H3. The molecular formula is C22H29N5O2. The molecule has 29 heavy (non-hydrogen) atoms. The van der Waals surface area contributed by atoms with Gasteiger partial charge in [0.2, 0.25) is 5.89 Å². The Balaban J connectivity index is 1.89. The molecule has 0 aliphatic rings. The number of unbranched alkanes of at least 4 members (excludes halogenated alkanes) is 1. The molecule has 1 amide bonds. The molecule has 0 aliphatic carbocycles. The SMILES string of the molecule is CCCCN(CC)C(=O)c1ccc(-n2nc(-c3nnc(C)o3)cc2C(C)C)cc1. The van der Waals surface area contributed by atoms with E-state index in [1.807, 2.05) is 46.8 Å². The van der Waals surface area contributed by atoms with Crippen molar-refractivity contribution in [2.45, 2.75) is 53.4 Å². The molecule has 2 aromatic heterocycles. The van der Waals surface area contributed by atoms with Crippen molar-refractivity contribution in [2.24, 2.45) is 0 Å². The van der Waals surface area contributed by atoms with Gasteiger partial charge < -0.3 is 9.32 Å². The van der Waals surface area contributed by atoms with Gasteiger partial charge in [-0.1, -0.05) is 27.2 Å². The predicted octanol–water partition coefficient (Wildman–Crippen LogP) is 4.62. The molecule has 0 spiro atoms. The summed E-state index contributed by atoms with van der Waals surface area (Å²) in [4.78, 5) is 14.7. The minimum absolute atomic E-state index is 0.0686. The second kappa shape index (κ2) is 9.03. The van der Waals surface area contributed by atoms with Crippen LogP contribution in [-0.2, 0) is 0 Å². The largest absolute Gasteiger partial charge is 0.420 e. The maximum atomic E-state index is 12.8. The maximum Gasteiger partial charge on any atom is 0.268 e. The van der Waals surface area contributed by atoms with Gasteiger partial charge in [-0.2, -0.15) is 5.10 Å². The molecular weight excluding hydrogens is 366 g/mol. The molecule has 3 rings (SSSR count). The Bertz CT molecular complexity index is 956. The summed E-state index contributed by atoms with van der Waals surface area (Å²) in [5, 5.41) is 12.6. The minimum atomic E-state index is 0.0686. The second-order valence-corrected chi connectivity index (χ2v) is 7.43. The molecule has 0 radical (unpaired) electrons. The van der Waals surface area contributed by atoms with Gasteiger partial charge in [0.15, 0.2) is 0 Å². The van der Waals surface area contributed by atoms with Gasteiger partial charge in [0.1, 0.15) is 5.69 Å². The van der Waals surface area contributed by atoms with Crippen LogP contribution in [0, 0.1) is 6.92 Å². The highest BCUT2D eigenvalue weighted by molar-refractivity contribution is 5.94. The van der Waals surface area contributed by atoms with E-state index in [-0.39, 0.29) is 11.8 Å². The lowest BCUT2D eigenvalue weighted by molar-refractivity contribution is 0.0762. The Morgan fingerprint density at radius 3 is 2.45 bits per heavy atom. The first-order chi connectivity index (χ1) is 13.9. The van der Waals surface area contributed by atoms with Crippen LogP contribution in [0.3, 0.4) is 0 Å². The summed E-state index contributed by atoms with van der Waals surface area (Å²) >= 11 is 0. The summed E-state index contributed by atoms with van der Waals surface area (Å²) in [6, 6.07) is 9.58. The third-order valence-corrected chi connectivity index (χ3v) is 4.88. The average molecular weight is 396 g/mol. The molecule has 0 saturated heterocycles. The van der Waals surface area contributed by atoms with Crippen molar-refractivity contribution in [3.63, 3.8) is 0 Å². The number of hydrogen-bond acceptors (Lipinski definition) is 5. The van der Waals surface area contributed by atoms with E-state index in [1.54, 1.807) is 6.92 Å². The van der Waals surface area contributed by atoms with Gasteiger partial charge in [0.05, 0.1) is 5.69 Å². The van der Waals surface area contributed by atoms with Crippen molar-refractivity contribution in [2.75, 3.05) is 13.1 Å². The van der Waals surface area contributed by atoms with Crippen molar-refractivity contribution in [1.82, 2.24) is 24.9 Å². The first kappa shape index (κ1) is 20.8. The van der Waals surface area contributed by atoms with Crippen LogP contribution in [0.25, 0.3) is 17.3 Å². The molecule has 1 aromatic carbocycles. The summed E-state index contributed by atoms with van der Waals surface area (Å²) < 4.78 is 7.40. The van der Waals surface area contributed by atoms with Crippen molar-refractivity contribution in [3.05, 3.63) is 47.5 Å². The summed E-state index contributed by atoms with van der Waals surface area (Å²) in [7, 11) is 0. The summed E-state index contributed by atoms with van der Waals surface area (Å²) in [5.74, 6) is 1.24. The van der Waals surface area contributed by atoms with Gasteiger partial charge in [-0.3, -0.25) is 4.79 Å². The number of aryl methyl sites for hydroxylation is 1. The molecule has 7 heteroatoms. The van der Waals surface area contributed by atoms with Crippen molar-refractivity contribution >= 4 is 5.91 Å². The fourth-order valence-corrected chi connectivity index (χ4v) is 3.20. The highest BCUT2D eigenvalue weighted by Crippen LogP contribution is 2.25. The first-order valence-electron chi connectivity index (χ1n) is 10.2. The third kappa shape index (κ3) is 4.55. The lowest BCUT2D eigenvalue weighted by atomic mass is 10.1. The summed E-state index contributed by atoms with van der Waals surface area (Å²) in [6.07, 6.45) is 2.09. The number of benzene rings is 1. The smallest absolute Gasteiger partial charge is 0.268 e. The lowest BCUT2D eigenvalue weighted by Crippen LogP contribution is -2.31. The number of carbonyl (C=O) groups excluding carboxylic acids is 1. The molecule has 7 nitrogen and oxygen atoms in total. The molecule has 3 aromatic rings. The van der Waals surface area contributed by atoms with Gasteiger partial charge >= 0.3 is 0 Å². The number of amides is 1. The topological polar surface area (TPSA) is 77.1 Å². The molecule has 0 saturated carbocycles. The van der Waals surface area contributed by atoms with Gasteiger partial charge in [0.25, 0.3) is 11.8 Å². The molecule has 0 unspecified atom stereocenters. The molecule has 0 N–H and O–H groups in total. The average Bonchev–Trinajstić information content (AvgIpc) is 3.35. The summed E-state index contributed by atoms with van der Waals surface area (Å²) in [5.41, 5.74) is 3.27. The predicted molar refractivity (Wildman–Crippen MR) is 112 cm³/mol. The molecule has 154 valence electrons.